The Morgan fingerprint density at radius 2 is 2.14 bits per heavy atom. The van der Waals surface area contributed by atoms with Crippen LogP contribution >= 0.6 is 0 Å². The molecule has 11 nitrogen and oxygen atoms in total. The third-order valence-electron chi connectivity index (χ3n) is 3.14. The molecule has 0 bridgehead atoms. The smallest absolute Gasteiger partial charge is 0.330 e. The SMILES string of the molecule is [N-]=[N+]=NCc1cn([C@H]2OC(CO)C(O)[C@H]2O)c(=O)[nH]c1=O. The van der Waals surface area contributed by atoms with Gasteiger partial charge in [-0.15, -0.1) is 0 Å². The molecule has 0 amide bonds. The van der Waals surface area contributed by atoms with Gasteiger partial charge in [0.2, 0.25) is 0 Å². The van der Waals surface area contributed by atoms with Gasteiger partial charge in [-0.05, 0) is 5.53 Å². The predicted octanol–water partition coefficient (Wildman–Crippen LogP) is -2.04. The Hall–Kier alpha value is -2.17. The van der Waals surface area contributed by atoms with Gasteiger partial charge in [0.1, 0.15) is 18.3 Å². The Kier molecular flexibility index (Phi) is 4.40. The van der Waals surface area contributed by atoms with Gasteiger partial charge in [-0.25, -0.2) is 4.79 Å². The quantitative estimate of drug-likeness (QED) is 0.283. The second-order valence-electron chi connectivity index (χ2n) is 4.44. The summed E-state index contributed by atoms with van der Waals surface area (Å²) in [6.07, 6.45) is -4.08. The molecule has 2 rings (SSSR count). The Morgan fingerprint density at radius 1 is 1.43 bits per heavy atom. The molecule has 114 valence electrons. The zero-order valence-corrected chi connectivity index (χ0v) is 10.7. The van der Waals surface area contributed by atoms with E-state index in [0.717, 1.165) is 10.8 Å². The molecule has 2 unspecified atom stereocenters. The van der Waals surface area contributed by atoms with E-state index in [1.165, 1.54) is 0 Å². The molecule has 1 saturated heterocycles. The molecular weight excluding hydrogens is 286 g/mol. The van der Waals surface area contributed by atoms with Gasteiger partial charge in [-0.3, -0.25) is 14.3 Å². The molecule has 0 radical (unpaired) electrons. The van der Waals surface area contributed by atoms with Crippen molar-refractivity contribution < 1.29 is 20.1 Å². The Bertz CT molecular complexity index is 677. The van der Waals surface area contributed by atoms with Gasteiger partial charge >= 0.3 is 5.69 Å². The molecule has 1 aliphatic rings. The van der Waals surface area contributed by atoms with Crippen LogP contribution in [0.1, 0.15) is 11.8 Å². The maximum Gasteiger partial charge on any atom is 0.330 e. The maximum atomic E-state index is 11.8. The second kappa shape index (κ2) is 6.08. The molecule has 1 aliphatic heterocycles. The predicted molar refractivity (Wildman–Crippen MR) is 67.2 cm³/mol. The molecule has 0 aromatic carbocycles. The first-order chi connectivity index (χ1) is 9.99. The largest absolute Gasteiger partial charge is 0.394 e. The fourth-order valence-electron chi connectivity index (χ4n) is 2.05. The standard InChI is InChI=1S/C10H13N5O6/c11-14-12-1-4-2-15(10(20)13-8(4)19)9-7(18)6(17)5(3-16)21-9/h2,5-7,9,16-18H,1,3H2,(H,13,19,20)/t5?,6?,7-,9+/m1/s1. The minimum atomic E-state index is -1.46. The third kappa shape index (κ3) is 2.82. The highest BCUT2D eigenvalue weighted by molar-refractivity contribution is 5.06. The van der Waals surface area contributed by atoms with Gasteiger partial charge in [0.15, 0.2) is 6.23 Å². The summed E-state index contributed by atoms with van der Waals surface area (Å²) >= 11 is 0. The minimum absolute atomic E-state index is 0.00913. The first-order valence-corrected chi connectivity index (χ1v) is 5.97. The van der Waals surface area contributed by atoms with Crippen LogP contribution in [0.5, 0.6) is 0 Å². The van der Waals surface area contributed by atoms with Crippen molar-refractivity contribution in [1.82, 2.24) is 9.55 Å². The van der Waals surface area contributed by atoms with Crippen LogP contribution in [0.15, 0.2) is 20.9 Å². The summed E-state index contributed by atoms with van der Waals surface area (Å²) in [4.78, 5) is 27.8. The van der Waals surface area contributed by atoms with Crippen molar-refractivity contribution in [2.45, 2.75) is 31.1 Å². The van der Waals surface area contributed by atoms with Crippen LogP contribution in [0.2, 0.25) is 0 Å². The van der Waals surface area contributed by atoms with Crippen molar-refractivity contribution in [2.24, 2.45) is 5.11 Å². The third-order valence-corrected chi connectivity index (χ3v) is 3.14. The molecule has 0 saturated carbocycles. The molecule has 1 aromatic rings. The summed E-state index contributed by atoms with van der Waals surface area (Å²) in [5, 5.41) is 31.7. The van der Waals surface area contributed by atoms with E-state index in [0.29, 0.717) is 0 Å². The lowest BCUT2D eigenvalue weighted by atomic mass is 10.1. The van der Waals surface area contributed by atoms with Crippen LogP contribution in [0.3, 0.4) is 0 Å². The number of aliphatic hydroxyl groups excluding tert-OH is 3. The van der Waals surface area contributed by atoms with Gasteiger partial charge in [0, 0.05) is 16.7 Å². The molecule has 0 spiro atoms. The summed E-state index contributed by atoms with van der Waals surface area (Å²) in [6.45, 7) is -0.834. The number of hydrogen-bond donors (Lipinski definition) is 4. The first kappa shape index (κ1) is 15.2. The molecule has 21 heavy (non-hydrogen) atoms. The van der Waals surface area contributed by atoms with E-state index in [4.69, 9.17) is 15.4 Å². The van der Waals surface area contributed by atoms with Crippen LogP contribution in [0.4, 0.5) is 0 Å². The minimum Gasteiger partial charge on any atom is -0.394 e. The monoisotopic (exact) mass is 299 g/mol. The fraction of sp³-hybridized carbons (Fsp3) is 0.600. The van der Waals surface area contributed by atoms with Crippen LogP contribution < -0.4 is 11.2 Å². The highest BCUT2D eigenvalue weighted by Crippen LogP contribution is 2.27. The van der Waals surface area contributed by atoms with Crippen LogP contribution in [-0.2, 0) is 11.3 Å². The van der Waals surface area contributed by atoms with Crippen LogP contribution in [0.25, 0.3) is 10.4 Å². The molecule has 1 aromatic heterocycles. The van der Waals surface area contributed by atoms with Crippen molar-refractivity contribution in [1.29, 1.82) is 0 Å². The zero-order valence-electron chi connectivity index (χ0n) is 10.7. The maximum absolute atomic E-state index is 11.8. The zero-order chi connectivity index (χ0) is 15.6. The van der Waals surface area contributed by atoms with Gasteiger partial charge in [0.05, 0.1) is 13.2 Å². The molecular formula is C10H13N5O6. The summed E-state index contributed by atoms with van der Waals surface area (Å²) in [7, 11) is 0. The van der Waals surface area contributed by atoms with E-state index in [1.54, 1.807) is 0 Å². The van der Waals surface area contributed by atoms with E-state index in [2.05, 4.69) is 10.0 Å². The average molecular weight is 299 g/mol. The van der Waals surface area contributed by atoms with Gasteiger partial charge in [-0.2, -0.15) is 0 Å². The van der Waals surface area contributed by atoms with E-state index < -0.39 is 42.4 Å². The van der Waals surface area contributed by atoms with Gasteiger partial charge in [0.25, 0.3) is 5.56 Å². The molecule has 2 heterocycles. The molecule has 4 N–H and O–H groups in total. The number of nitrogens with one attached hydrogen (secondary N) is 1. The number of rotatable bonds is 4. The number of aliphatic hydroxyl groups is 3. The highest BCUT2D eigenvalue weighted by atomic mass is 16.6. The van der Waals surface area contributed by atoms with Crippen molar-refractivity contribution in [2.75, 3.05) is 6.61 Å². The lowest BCUT2D eigenvalue weighted by molar-refractivity contribution is -0.0551. The molecule has 0 aliphatic carbocycles. The van der Waals surface area contributed by atoms with Crippen molar-refractivity contribution in [3.63, 3.8) is 0 Å². The van der Waals surface area contributed by atoms with Crippen LogP contribution in [0, 0.1) is 0 Å². The normalized spacial score (nSPS) is 28.3. The van der Waals surface area contributed by atoms with E-state index in [-0.39, 0.29) is 12.1 Å². The number of hydrogen-bond acceptors (Lipinski definition) is 7. The number of H-pyrrole nitrogens is 1. The van der Waals surface area contributed by atoms with Crippen LogP contribution in [-0.4, -0.2) is 49.8 Å². The van der Waals surface area contributed by atoms with Crippen molar-refractivity contribution in [3.05, 3.63) is 43.0 Å². The number of aromatic nitrogens is 2. The topological polar surface area (TPSA) is 174 Å². The number of aromatic amines is 1. The lowest BCUT2D eigenvalue weighted by Crippen LogP contribution is -2.38. The molecule has 4 atom stereocenters. The Labute approximate surface area is 116 Å². The lowest BCUT2D eigenvalue weighted by Gasteiger charge is -2.17. The second-order valence-corrected chi connectivity index (χ2v) is 4.44. The summed E-state index contributed by atoms with van der Waals surface area (Å²) in [5.74, 6) is 0. The average Bonchev–Trinajstić information content (AvgIpc) is 2.74. The summed E-state index contributed by atoms with van der Waals surface area (Å²) in [5.41, 5.74) is 6.65. The fourth-order valence-corrected chi connectivity index (χ4v) is 2.05. The van der Waals surface area contributed by atoms with Crippen molar-refractivity contribution in [3.8, 4) is 0 Å². The number of azide groups is 1. The highest BCUT2D eigenvalue weighted by Gasteiger charge is 2.43. The van der Waals surface area contributed by atoms with Crippen molar-refractivity contribution >= 4 is 0 Å². The van der Waals surface area contributed by atoms with E-state index in [1.807, 2.05) is 4.98 Å². The van der Waals surface area contributed by atoms with Gasteiger partial charge in [-0.1, -0.05) is 5.11 Å². The van der Waals surface area contributed by atoms with Gasteiger partial charge < -0.3 is 20.1 Å². The summed E-state index contributed by atoms with van der Waals surface area (Å²) in [6, 6.07) is 0. The Balaban J connectivity index is 2.42. The Morgan fingerprint density at radius 3 is 2.71 bits per heavy atom. The molecule has 1 fully saturated rings. The number of nitrogens with zero attached hydrogens (tertiary/aromatic N) is 4. The number of ether oxygens (including phenoxy) is 1. The summed E-state index contributed by atoms with van der Waals surface area (Å²) < 4.78 is 6.06. The van der Waals surface area contributed by atoms with E-state index >= 15 is 0 Å². The van der Waals surface area contributed by atoms with E-state index in [9.17, 15) is 19.8 Å². The molecule has 11 heteroatoms. The first-order valence-electron chi connectivity index (χ1n) is 5.97.